The molecule has 0 saturated heterocycles. The van der Waals surface area contributed by atoms with Gasteiger partial charge >= 0.3 is 0 Å². The van der Waals surface area contributed by atoms with E-state index in [1.54, 1.807) is 24.3 Å². The molecule has 1 heterocycles. The molecule has 6 nitrogen and oxygen atoms in total. The smallest absolute Gasteiger partial charge is 0.283 e. The number of nitrogens with zero attached hydrogens (tertiary/aromatic N) is 1. The first kappa shape index (κ1) is 22.9. The summed E-state index contributed by atoms with van der Waals surface area (Å²) >= 11 is 18.1. The first-order chi connectivity index (χ1) is 15.8. The molecule has 0 bridgehead atoms. The number of imide groups is 1. The van der Waals surface area contributed by atoms with Gasteiger partial charge in [-0.25, -0.2) is 4.90 Å². The molecule has 3 aromatic carbocycles. The van der Waals surface area contributed by atoms with E-state index in [0.29, 0.717) is 22.8 Å². The van der Waals surface area contributed by atoms with Crippen LogP contribution in [0.5, 0.6) is 0 Å². The molecule has 3 amide bonds. The number of anilines is 2. The van der Waals surface area contributed by atoms with Crippen LogP contribution in [-0.2, 0) is 16.1 Å². The molecule has 0 aliphatic carbocycles. The average Bonchev–Trinajstić information content (AvgIpc) is 3.03. The summed E-state index contributed by atoms with van der Waals surface area (Å²) in [4.78, 5) is 38.8. The molecule has 0 atom stereocenters. The maximum atomic E-state index is 12.9. The number of benzene rings is 3. The lowest BCUT2D eigenvalue weighted by Gasteiger charge is -2.15. The number of hydrogen-bond donors (Lipinski definition) is 2. The average molecular weight is 501 g/mol. The molecule has 0 aromatic heterocycles. The van der Waals surface area contributed by atoms with E-state index in [-0.39, 0.29) is 27.3 Å². The third kappa shape index (κ3) is 4.88. The van der Waals surface area contributed by atoms with Gasteiger partial charge in [-0.2, -0.15) is 0 Å². The van der Waals surface area contributed by atoms with E-state index in [0.717, 1.165) is 10.5 Å². The van der Waals surface area contributed by atoms with Gasteiger partial charge in [0.1, 0.15) is 10.7 Å². The lowest BCUT2D eigenvalue weighted by molar-refractivity contribution is -0.120. The van der Waals surface area contributed by atoms with Crippen LogP contribution in [0.2, 0.25) is 10.0 Å². The highest BCUT2D eigenvalue weighted by molar-refractivity contribution is 6.53. The third-order valence-electron chi connectivity index (χ3n) is 4.90. The van der Waals surface area contributed by atoms with Crippen molar-refractivity contribution in [3.05, 3.63) is 105 Å². The lowest BCUT2D eigenvalue weighted by Crippen LogP contribution is -2.32. The highest BCUT2D eigenvalue weighted by Crippen LogP contribution is 2.33. The topological polar surface area (TPSA) is 78.5 Å². The van der Waals surface area contributed by atoms with E-state index in [1.807, 2.05) is 30.3 Å². The van der Waals surface area contributed by atoms with Crippen LogP contribution >= 0.6 is 34.8 Å². The number of carbonyl (C=O) groups excluding carboxylic acids is 3. The second kappa shape index (κ2) is 9.67. The Morgan fingerprint density at radius 1 is 0.818 bits per heavy atom. The van der Waals surface area contributed by atoms with Crippen LogP contribution in [0.1, 0.15) is 15.9 Å². The van der Waals surface area contributed by atoms with Crippen molar-refractivity contribution >= 4 is 63.9 Å². The van der Waals surface area contributed by atoms with Crippen LogP contribution in [0, 0.1) is 0 Å². The molecule has 166 valence electrons. The van der Waals surface area contributed by atoms with Crippen molar-refractivity contribution in [3.8, 4) is 0 Å². The van der Waals surface area contributed by atoms with Crippen molar-refractivity contribution in [3.63, 3.8) is 0 Å². The summed E-state index contributed by atoms with van der Waals surface area (Å²) in [5.74, 6) is -1.55. The second-order valence-corrected chi connectivity index (χ2v) is 8.30. The van der Waals surface area contributed by atoms with E-state index in [4.69, 9.17) is 34.8 Å². The number of carbonyl (C=O) groups is 3. The van der Waals surface area contributed by atoms with Crippen molar-refractivity contribution < 1.29 is 14.4 Å². The summed E-state index contributed by atoms with van der Waals surface area (Å²) in [6, 6.07) is 20.4. The molecule has 3 aromatic rings. The standard InChI is InChI=1S/C24H16Cl3N3O3/c25-18-11-10-17(12-19(18)26)30-23(32)20(27)21(24(30)33)29-16-8-6-15(7-9-16)22(31)28-13-14-4-2-1-3-5-14/h1-12,29H,13H2,(H,28,31). The monoisotopic (exact) mass is 499 g/mol. The van der Waals surface area contributed by atoms with Crippen LogP contribution in [0.25, 0.3) is 0 Å². The molecule has 0 saturated carbocycles. The Morgan fingerprint density at radius 2 is 1.52 bits per heavy atom. The van der Waals surface area contributed by atoms with Gasteiger partial charge in [-0.3, -0.25) is 14.4 Å². The van der Waals surface area contributed by atoms with Crippen LogP contribution in [-0.4, -0.2) is 17.7 Å². The van der Waals surface area contributed by atoms with Gasteiger partial charge in [-0.05, 0) is 48.0 Å². The molecule has 9 heteroatoms. The summed E-state index contributed by atoms with van der Waals surface area (Å²) in [6.07, 6.45) is 0. The number of amides is 3. The quantitative estimate of drug-likeness (QED) is 0.447. The Labute approximate surface area is 204 Å². The van der Waals surface area contributed by atoms with Gasteiger partial charge in [0.2, 0.25) is 0 Å². The van der Waals surface area contributed by atoms with Gasteiger partial charge in [0.05, 0.1) is 15.7 Å². The molecule has 2 N–H and O–H groups in total. The summed E-state index contributed by atoms with van der Waals surface area (Å²) in [5.41, 5.74) is 2.10. The van der Waals surface area contributed by atoms with Crippen molar-refractivity contribution in [2.24, 2.45) is 0 Å². The predicted octanol–water partition coefficient (Wildman–Crippen LogP) is 5.36. The molecular formula is C24H16Cl3N3O3. The predicted molar refractivity (Wildman–Crippen MR) is 130 cm³/mol. The van der Waals surface area contributed by atoms with Crippen LogP contribution in [0.4, 0.5) is 11.4 Å². The first-order valence-electron chi connectivity index (χ1n) is 9.78. The van der Waals surface area contributed by atoms with E-state index < -0.39 is 11.8 Å². The fourth-order valence-corrected chi connectivity index (χ4v) is 3.70. The second-order valence-electron chi connectivity index (χ2n) is 7.10. The number of halogens is 3. The lowest BCUT2D eigenvalue weighted by atomic mass is 10.1. The van der Waals surface area contributed by atoms with E-state index in [9.17, 15) is 14.4 Å². The van der Waals surface area contributed by atoms with Crippen molar-refractivity contribution in [2.75, 3.05) is 10.2 Å². The first-order valence-corrected chi connectivity index (χ1v) is 10.9. The Hall–Kier alpha value is -3.32. The molecule has 0 unspecified atom stereocenters. The zero-order valence-electron chi connectivity index (χ0n) is 16.9. The van der Waals surface area contributed by atoms with Crippen LogP contribution in [0.15, 0.2) is 83.5 Å². The van der Waals surface area contributed by atoms with Gasteiger partial charge in [0.15, 0.2) is 0 Å². The zero-order valence-corrected chi connectivity index (χ0v) is 19.2. The normalized spacial score (nSPS) is 13.5. The Balaban J connectivity index is 1.45. The molecule has 0 spiro atoms. The largest absolute Gasteiger partial charge is 0.350 e. The van der Waals surface area contributed by atoms with Gasteiger partial charge in [0.25, 0.3) is 17.7 Å². The summed E-state index contributed by atoms with van der Waals surface area (Å²) < 4.78 is 0. The molecule has 33 heavy (non-hydrogen) atoms. The number of hydrogen-bond acceptors (Lipinski definition) is 4. The minimum absolute atomic E-state index is 0.0750. The van der Waals surface area contributed by atoms with Crippen LogP contribution in [0.3, 0.4) is 0 Å². The van der Waals surface area contributed by atoms with Gasteiger partial charge in [-0.1, -0.05) is 65.1 Å². The third-order valence-corrected chi connectivity index (χ3v) is 5.99. The molecular weight excluding hydrogens is 485 g/mol. The summed E-state index contributed by atoms with van der Waals surface area (Å²) in [6.45, 7) is 0.406. The minimum Gasteiger partial charge on any atom is -0.350 e. The number of rotatable bonds is 6. The summed E-state index contributed by atoms with van der Waals surface area (Å²) in [7, 11) is 0. The Morgan fingerprint density at radius 3 is 2.18 bits per heavy atom. The summed E-state index contributed by atoms with van der Waals surface area (Å²) in [5, 5.41) is 5.95. The highest BCUT2D eigenvalue weighted by Gasteiger charge is 2.39. The molecule has 1 aliphatic heterocycles. The zero-order chi connectivity index (χ0) is 23.5. The van der Waals surface area contributed by atoms with Crippen molar-refractivity contribution in [2.45, 2.75) is 6.54 Å². The van der Waals surface area contributed by atoms with Crippen LogP contribution < -0.4 is 15.5 Å². The fraction of sp³-hybridized carbons (Fsp3) is 0.0417. The molecule has 0 fully saturated rings. The van der Waals surface area contributed by atoms with Crippen molar-refractivity contribution in [1.29, 1.82) is 0 Å². The Bertz CT molecular complexity index is 1280. The van der Waals surface area contributed by atoms with Gasteiger partial charge in [0, 0.05) is 17.8 Å². The SMILES string of the molecule is O=C(NCc1ccccc1)c1ccc(NC2=C(Cl)C(=O)N(c3ccc(Cl)c(Cl)c3)C2=O)cc1. The molecule has 1 aliphatic rings. The van der Waals surface area contributed by atoms with Crippen molar-refractivity contribution in [1.82, 2.24) is 5.32 Å². The minimum atomic E-state index is -0.681. The maximum absolute atomic E-state index is 12.9. The Kier molecular flexibility index (Phi) is 6.70. The van der Waals surface area contributed by atoms with E-state index in [2.05, 4.69) is 10.6 Å². The highest BCUT2D eigenvalue weighted by atomic mass is 35.5. The molecule has 0 radical (unpaired) electrons. The molecule has 4 rings (SSSR count). The van der Waals surface area contributed by atoms with E-state index >= 15 is 0 Å². The number of nitrogens with one attached hydrogen (secondary N) is 2. The van der Waals surface area contributed by atoms with E-state index in [1.165, 1.54) is 18.2 Å². The van der Waals surface area contributed by atoms with Gasteiger partial charge in [-0.15, -0.1) is 0 Å². The fourth-order valence-electron chi connectivity index (χ4n) is 3.20. The van der Waals surface area contributed by atoms with Gasteiger partial charge < -0.3 is 10.6 Å². The maximum Gasteiger partial charge on any atom is 0.283 e.